The van der Waals surface area contributed by atoms with E-state index >= 15 is 0 Å². The predicted octanol–water partition coefficient (Wildman–Crippen LogP) is 5.18. The lowest BCUT2D eigenvalue weighted by Gasteiger charge is -2.08. The second kappa shape index (κ2) is 7.33. The van der Waals surface area contributed by atoms with Gasteiger partial charge in [0.1, 0.15) is 12.4 Å². The second-order valence-electron chi connectivity index (χ2n) is 6.37. The van der Waals surface area contributed by atoms with E-state index < -0.39 is 0 Å². The van der Waals surface area contributed by atoms with E-state index in [0.29, 0.717) is 13.2 Å². The first kappa shape index (κ1) is 16.8. The fourth-order valence-corrected chi connectivity index (χ4v) is 3.11. The monoisotopic (exact) mass is 358 g/mol. The molecular weight excluding hydrogens is 340 g/mol. The van der Waals surface area contributed by atoms with Crippen LogP contribution >= 0.6 is 0 Å². The van der Waals surface area contributed by atoms with Crippen LogP contribution < -0.4 is 4.74 Å². The summed E-state index contributed by atoms with van der Waals surface area (Å²) in [4.78, 5) is 10.6. The van der Waals surface area contributed by atoms with Crippen LogP contribution in [0.5, 0.6) is 5.75 Å². The number of benzene rings is 3. The summed E-state index contributed by atoms with van der Waals surface area (Å²) in [5.74, 6) is 0.819. The number of hydrogen-bond donors (Lipinski definition) is 0. The van der Waals surface area contributed by atoms with E-state index in [-0.39, 0.29) is 10.6 Å². The highest BCUT2D eigenvalue weighted by Crippen LogP contribution is 2.24. The molecule has 5 heteroatoms. The summed E-state index contributed by atoms with van der Waals surface area (Å²) in [6.45, 7) is 1.11. The van der Waals surface area contributed by atoms with Crippen molar-refractivity contribution < 1.29 is 9.66 Å². The second-order valence-corrected chi connectivity index (χ2v) is 6.37. The van der Waals surface area contributed by atoms with Gasteiger partial charge in [0.05, 0.1) is 4.92 Å². The minimum atomic E-state index is -0.367. The SMILES string of the molecule is O=[N+]([O-])c1cccc(Cn2ccc3cc(OCc4ccccc4)ccc32)c1. The Morgan fingerprint density at radius 2 is 1.70 bits per heavy atom. The molecule has 3 aromatic carbocycles. The van der Waals surface area contributed by atoms with Crippen molar-refractivity contribution >= 4 is 16.6 Å². The molecule has 0 saturated carbocycles. The maximum Gasteiger partial charge on any atom is 0.269 e. The van der Waals surface area contributed by atoms with Gasteiger partial charge in [0.25, 0.3) is 5.69 Å². The average molecular weight is 358 g/mol. The summed E-state index contributed by atoms with van der Waals surface area (Å²) in [7, 11) is 0. The third-order valence-corrected chi connectivity index (χ3v) is 4.47. The van der Waals surface area contributed by atoms with E-state index in [0.717, 1.165) is 27.8 Å². The normalized spacial score (nSPS) is 10.8. The summed E-state index contributed by atoms with van der Waals surface area (Å²) < 4.78 is 7.96. The largest absolute Gasteiger partial charge is 0.489 e. The molecule has 0 aliphatic heterocycles. The molecule has 0 aliphatic carbocycles. The summed E-state index contributed by atoms with van der Waals surface area (Å²) >= 11 is 0. The predicted molar refractivity (Wildman–Crippen MR) is 105 cm³/mol. The van der Waals surface area contributed by atoms with Crippen molar-refractivity contribution in [1.29, 1.82) is 0 Å². The summed E-state index contributed by atoms with van der Waals surface area (Å²) in [6, 6.07) is 24.8. The van der Waals surface area contributed by atoms with Crippen molar-refractivity contribution in [3.8, 4) is 5.75 Å². The Morgan fingerprint density at radius 1 is 0.889 bits per heavy atom. The van der Waals surface area contributed by atoms with Gasteiger partial charge in [0.15, 0.2) is 0 Å². The van der Waals surface area contributed by atoms with Gasteiger partial charge in [-0.1, -0.05) is 42.5 Å². The van der Waals surface area contributed by atoms with E-state index in [1.165, 1.54) is 6.07 Å². The molecule has 0 fully saturated rings. The van der Waals surface area contributed by atoms with Crippen LogP contribution in [0, 0.1) is 10.1 Å². The molecule has 0 aliphatic rings. The third kappa shape index (κ3) is 3.82. The van der Waals surface area contributed by atoms with E-state index in [9.17, 15) is 10.1 Å². The van der Waals surface area contributed by atoms with Gasteiger partial charge in [0.2, 0.25) is 0 Å². The van der Waals surface area contributed by atoms with Gasteiger partial charge in [-0.15, -0.1) is 0 Å². The molecule has 0 amide bonds. The molecule has 0 radical (unpaired) electrons. The number of rotatable bonds is 6. The lowest BCUT2D eigenvalue weighted by Crippen LogP contribution is -1.99. The van der Waals surface area contributed by atoms with Crippen LogP contribution in [0.25, 0.3) is 10.9 Å². The van der Waals surface area contributed by atoms with Crippen LogP contribution in [0.4, 0.5) is 5.69 Å². The van der Waals surface area contributed by atoms with Gasteiger partial charge in [-0.2, -0.15) is 0 Å². The molecule has 4 rings (SSSR count). The van der Waals surface area contributed by atoms with Crippen molar-refractivity contribution in [3.63, 3.8) is 0 Å². The minimum absolute atomic E-state index is 0.112. The van der Waals surface area contributed by atoms with Crippen LogP contribution in [0.1, 0.15) is 11.1 Å². The topological polar surface area (TPSA) is 57.3 Å². The average Bonchev–Trinajstić information content (AvgIpc) is 3.09. The molecule has 0 unspecified atom stereocenters. The van der Waals surface area contributed by atoms with Crippen LogP contribution in [0.15, 0.2) is 85.1 Å². The molecule has 134 valence electrons. The lowest BCUT2D eigenvalue weighted by atomic mass is 10.2. The van der Waals surface area contributed by atoms with E-state index in [4.69, 9.17) is 4.74 Å². The molecule has 5 nitrogen and oxygen atoms in total. The molecule has 1 aromatic heterocycles. The van der Waals surface area contributed by atoms with Crippen LogP contribution in [0.2, 0.25) is 0 Å². The zero-order valence-corrected chi connectivity index (χ0v) is 14.6. The molecule has 0 bridgehead atoms. The summed E-state index contributed by atoms with van der Waals surface area (Å²) in [6.07, 6.45) is 1.99. The molecule has 1 heterocycles. The van der Waals surface area contributed by atoms with E-state index in [2.05, 4.69) is 4.57 Å². The Bertz CT molecular complexity index is 1090. The standard InChI is InChI=1S/C22H18N2O3/c25-24(26)20-8-4-7-18(13-20)15-23-12-11-19-14-21(9-10-22(19)23)27-16-17-5-2-1-3-6-17/h1-14H,15-16H2. The summed E-state index contributed by atoms with van der Waals surface area (Å²) in [5, 5.41) is 12.0. The van der Waals surface area contributed by atoms with E-state index in [1.807, 2.05) is 66.9 Å². The van der Waals surface area contributed by atoms with Crippen LogP contribution in [-0.4, -0.2) is 9.49 Å². The molecule has 27 heavy (non-hydrogen) atoms. The number of nitro groups is 1. The number of non-ortho nitro benzene ring substituents is 1. The van der Waals surface area contributed by atoms with Crippen molar-refractivity contribution in [2.75, 3.05) is 0 Å². The van der Waals surface area contributed by atoms with Gasteiger partial charge in [-0.25, -0.2) is 0 Å². The minimum Gasteiger partial charge on any atom is -0.489 e. The lowest BCUT2D eigenvalue weighted by molar-refractivity contribution is -0.384. The molecule has 0 atom stereocenters. The maximum atomic E-state index is 11.0. The van der Waals surface area contributed by atoms with E-state index in [1.54, 1.807) is 12.1 Å². The molecule has 4 aromatic rings. The van der Waals surface area contributed by atoms with Crippen molar-refractivity contribution in [3.05, 3.63) is 106 Å². The van der Waals surface area contributed by atoms with Crippen molar-refractivity contribution in [1.82, 2.24) is 4.57 Å². The quantitative estimate of drug-likeness (QED) is 0.353. The van der Waals surface area contributed by atoms with Gasteiger partial charge in [-0.05, 0) is 35.4 Å². The molecule has 0 saturated heterocycles. The zero-order chi connectivity index (χ0) is 18.6. The highest BCUT2D eigenvalue weighted by molar-refractivity contribution is 5.81. The van der Waals surface area contributed by atoms with Crippen molar-refractivity contribution in [2.24, 2.45) is 0 Å². The number of hydrogen-bond acceptors (Lipinski definition) is 3. The first-order chi connectivity index (χ1) is 13.2. The zero-order valence-electron chi connectivity index (χ0n) is 14.6. The fraction of sp³-hybridized carbons (Fsp3) is 0.0909. The Kier molecular flexibility index (Phi) is 4.58. The number of nitro benzene ring substituents is 1. The smallest absolute Gasteiger partial charge is 0.269 e. The number of nitrogens with zero attached hydrogens (tertiary/aromatic N) is 2. The van der Waals surface area contributed by atoms with Gasteiger partial charge in [0, 0.05) is 35.8 Å². The van der Waals surface area contributed by atoms with Crippen LogP contribution in [-0.2, 0) is 13.2 Å². The Morgan fingerprint density at radius 3 is 2.52 bits per heavy atom. The fourth-order valence-electron chi connectivity index (χ4n) is 3.11. The van der Waals surface area contributed by atoms with Gasteiger partial charge >= 0.3 is 0 Å². The number of ether oxygens (including phenoxy) is 1. The van der Waals surface area contributed by atoms with Gasteiger partial charge in [-0.3, -0.25) is 10.1 Å². The maximum absolute atomic E-state index is 11.0. The first-order valence-electron chi connectivity index (χ1n) is 8.68. The Balaban J connectivity index is 1.52. The highest BCUT2D eigenvalue weighted by atomic mass is 16.6. The van der Waals surface area contributed by atoms with Crippen molar-refractivity contribution in [2.45, 2.75) is 13.2 Å². The Labute approximate surface area is 156 Å². The molecule has 0 spiro atoms. The first-order valence-corrected chi connectivity index (χ1v) is 8.68. The third-order valence-electron chi connectivity index (χ3n) is 4.47. The Hall–Kier alpha value is -3.60. The molecule has 0 N–H and O–H groups in total. The number of fused-ring (bicyclic) bond motifs is 1. The number of aromatic nitrogens is 1. The molecular formula is C22H18N2O3. The van der Waals surface area contributed by atoms with Gasteiger partial charge < -0.3 is 9.30 Å². The van der Waals surface area contributed by atoms with Crippen LogP contribution in [0.3, 0.4) is 0 Å². The summed E-state index contributed by atoms with van der Waals surface area (Å²) in [5.41, 5.74) is 3.20. The highest BCUT2D eigenvalue weighted by Gasteiger charge is 2.08.